The van der Waals surface area contributed by atoms with Crippen molar-refractivity contribution in [3.63, 3.8) is 0 Å². The van der Waals surface area contributed by atoms with Gasteiger partial charge in [0, 0.05) is 10.7 Å². The molecule has 0 saturated heterocycles. The average Bonchev–Trinajstić information content (AvgIpc) is 2.24. The smallest absolute Gasteiger partial charge is 0.408 e. The Balaban J connectivity index is 2.27. The minimum Gasteiger partial charge on any atom is -0.444 e. The van der Waals surface area contributed by atoms with E-state index in [4.69, 9.17) is 4.74 Å². The summed E-state index contributed by atoms with van der Waals surface area (Å²) >= 11 is 3.56. The number of ketones is 1. The minimum atomic E-state index is -0.527. The number of alkyl halides is 1. The Morgan fingerprint density at radius 3 is 2.28 bits per heavy atom. The van der Waals surface area contributed by atoms with E-state index >= 15 is 0 Å². The first-order chi connectivity index (χ1) is 8.28. The highest BCUT2D eigenvalue weighted by atomic mass is 79.9. The van der Waals surface area contributed by atoms with Crippen molar-refractivity contribution in [3.8, 4) is 0 Å². The molecule has 0 aromatic heterocycles. The van der Waals surface area contributed by atoms with Crippen molar-refractivity contribution in [1.82, 2.24) is 5.32 Å². The molecule has 5 heteroatoms. The van der Waals surface area contributed by atoms with Crippen LogP contribution >= 0.6 is 15.9 Å². The molecule has 0 spiro atoms. The van der Waals surface area contributed by atoms with Gasteiger partial charge in [0.05, 0.1) is 6.54 Å². The van der Waals surface area contributed by atoms with Crippen molar-refractivity contribution in [1.29, 1.82) is 0 Å². The first kappa shape index (κ1) is 15.5. The Hall–Kier alpha value is -0.580. The molecule has 104 valence electrons. The lowest BCUT2D eigenvalue weighted by atomic mass is 9.86. The van der Waals surface area contributed by atoms with Gasteiger partial charge in [-0.1, -0.05) is 15.9 Å². The largest absolute Gasteiger partial charge is 0.444 e. The van der Waals surface area contributed by atoms with E-state index in [0.29, 0.717) is 4.83 Å². The van der Waals surface area contributed by atoms with Crippen molar-refractivity contribution >= 4 is 27.8 Å². The van der Waals surface area contributed by atoms with Gasteiger partial charge >= 0.3 is 6.09 Å². The molecule has 0 aromatic rings. The Morgan fingerprint density at radius 1 is 1.22 bits per heavy atom. The summed E-state index contributed by atoms with van der Waals surface area (Å²) in [6.07, 6.45) is 3.35. The van der Waals surface area contributed by atoms with Gasteiger partial charge in [0.15, 0.2) is 5.78 Å². The van der Waals surface area contributed by atoms with E-state index in [1.807, 2.05) is 0 Å². The summed E-state index contributed by atoms with van der Waals surface area (Å²) < 4.78 is 5.08. The van der Waals surface area contributed by atoms with Crippen LogP contribution in [-0.4, -0.2) is 28.8 Å². The summed E-state index contributed by atoms with van der Waals surface area (Å²) in [6.45, 7) is 5.47. The minimum absolute atomic E-state index is 0.0759. The van der Waals surface area contributed by atoms with Gasteiger partial charge < -0.3 is 10.1 Å². The van der Waals surface area contributed by atoms with Crippen LogP contribution in [-0.2, 0) is 9.53 Å². The van der Waals surface area contributed by atoms with Crippen molar-refractivity contribution in [2.45, 2.75) is 56.9 Å². The summed E-state index contributed by atoms with van der Waals surface area (Å²) in [5, 5.41) is 2.53. The van der Waals surface area contributed by atoms with E-state index in [9.17, 15) is 9.59 Å². The molecule has 1 N–H and O–H groups in total. The van der Waals surface area contributed by atoms with Crippen LogP contribution in [0.3, 0.4) is 0 Å². The maximum absolute atomic E-state index is 11.9. The van der Waals surface area contributed by atoms with Crippen molar-refractivity contribution in [2.75, 3.05) is 6.54 Å². The number of hydrogen-bond donors (Lipinski definition) is 1. The predicted octanol–water partition coefficient (Wildman–Crippen LogP) is 3.03. The molecule has 0 atom stereocenters. The van der Waals surface area contributed by atoms with Crippen LogP contribution in [0.5, 0.6) is 0 Å². The lowest BCUT2D eigenvalue weighted by Crippen LogP contribution is -2.38. The molecule has 1 fully saturated rings. The Morgan fingerprint density at radius 2 is 1.78 bits per heavy atom. The molecule has 0 radical (unpaired) electrons. The summed E-state index contributed by atoms with van der Waals surface area (Å²) in [4.78, 5) is 23.8. The van der Waals surface area contributed by atoms with Gasteiger partial charge in [-0.3, -0.25) is 4.79 Å². The van der Waals surface area contributed by atoms with Crippen LogP contribution in [0.15, 0.2) is 0 Å². The standard InChI is InChI=1S/C13H22BrNO3/c1-13(2,3)18-12(17)15-8-11(16)9-4-6-10(14)7-5-9/h9-10H,4-8H2,1-3H3,(H,15,17). The number of Topliss-reactive ketones (excluding diaryl/α,β-unsaturated/α-hetero) is 1. The number of carbonyl (C=O) groups excluding carboxylic acids is 2. The van der Waals surface area contributed by atoms with Crippen molar-refractivity contribution in [3.05, 3.63) is 0 Å². The van der Waals surface area contributed by atoms with Crippen molar-refractivity contribution < 1.29 is 14.3 Å². The molecule has 18 heavy (non-hydrogen) atoms. The van der Waals surface area contributed by atoms with Crippen LogP contribution < -0.4 is 5.32 Å². The van der Waals surface area contributed by atoms with E-state index in [2.05, 4.69) is 21.2 Å². The summed E-state index contributed by atoms with van der Waals surface area (Å²) in [5.74, 6) is 0.203. The Bertz CT molecular complexity index is 304. The predicted molar refractivity (Wildman–Crippen MR) is 73.9 cm³/mol. The second-order valence-electron chi connectivity index (χ2n) is 5.77. The first-order valence-electron chi connectivity index (χ1n) is 6.41. The number of carbonyl (C=O) groups is 2. The molecule has 1 aliphatic rings. The summed E-state index contributed by atoms with van der Waals surface area (Å²) in [7, 11) is 0. The molecular formula is C13H22BrNO3. The third-order valence-corrected chi connectivity index (χ3v) is 3.83. The number of ether oxygens (including phenoxy) is 1. The lowest BCUT2D eigenvalue weighted by molar-refractivity contribution is -0.122. The van der Waals surface area contributed by atoms with Crippen LogP contribution in [0.4, 0.5) is 4.79 Å². The fourth-order valence-corrected chi connectivity index (χ4v) is 2.52. The topological polar surface area (TPSA) is 55.4 Å². The van der Waals surface area contributed by atoms with Crippen LogP contribution in [0.25, 0.3) is 0 Å². The maximum atomic E-state index is 11.9. The zero-order valence-electron chi connectivity index (χ0n) is 11.3. The monoisotopic (exact) mass is 319 g/mol. The van der Waals surface area contributed by atoms with Gasteiger partial charge in [0.25, 0.3) is 0 Å². The Labute approximate surface area is 117 Å². The van der Waals surface area contributed by atoms with E-state index in [1.165, 1.54) is 0 Å². The van der Waals surface area contributed by atoms with Crippen LogP contribution in [0.2, 0.25) is 0 Å². The van der Waals surface area contributed by atoms with Gasteiger partial charge in [0.2, 0.25) is 0 Å². The van der Waals surface area contributed by atoms with Crippen LogP contribution in [0.1, 0.15) is 46.5 Å². The molecular weight excluding hydrogens is 298 g/mol. The molecule has 1 saturated carbocycles. The third kappa shape index (κ3) is 5.85. The molecule has 1 aliphatic carbocycles. The number of rotatable bonds is 3. The molecule has 0 aromatic carbocycles. The number of alkyl carbamates (subject to hydrolysis) is 1. The van der Waals surface area contributed by atoms with Gasteiger partial charge in [-0.2, -0.15) is 0 Å². The SMILES string of the molecule is CC(C)(C)OC(=O)NCC(=O)C1CCC(Br)CC1. The quantitative estimate of drug-likeness (QED) is 0.813. The summed E-state index contributed by atoms with van der Waals surface area (Å²) in [6, 6.07) is 0. The molecule has 0 heterocycles. The second kappa shape index (κ2) is 6.55. The van der Waals surface area contributed by atoms with Gasteiger partial charge in [-0.25, -0.2) is 4.79 Å². The number of halogens is 1. The van der Waals surface area contributed by atoms with E-state index in [0.717, 1.165) is 25.7 Å². The second-order valence-corrected chi connectivity index (χ2v) is 7.07. The molecule has 4 nitrogen and oxygen atoms in total. The molecule has 0 aliphatic heterocycles. The highest BCUT2D eigenvalue weighted by Crippen LogP contribution is 2.28. The highest BCUT2D eigenvalue weighted by Gasteiger charge is 2.25. The molecule has 0 unspecified atom stereocenters. The zero-order chi connectivity index (χ0) is 13.8. The molecule has 1 rings (SSSR count). The average molecular weight is 320 g/mol. The zero-order valence-corrected chi connectivity index (χ0v) is 12.9. The van der Waals surface area contributed by atoms with E-state index in [1.54, 1.807) is 20.8 Å². The number of nitrogens with one attached hydrogen (secondary N) is 1. The fourth-order valence-electron chi connectivity index (χ4n) is 1.99. The molecule has 0 bridgehead atoms. The van der Waals surface area contributed by atoms with E-state index in [-0.39, 0.29) is 18.2 Å². The van der Waals surface area contributed by atoms with Crippen molar-refractivity contribution in [2.24, 2.45) is 5.92 Å². The maximum Gasteiger partial charge on any atom is 0.408 e. The van der Waals surface area contributed by atoms with Gasteiger partial charge in [-0.05, 0) is 46.5 Å². The third-order valence-electron chi connectivity index (χ3n) is 2.92. The van der Waals surface area contributed by atoms with Crippen LogP contribution in [0, 0.1) is 5.92 Å². The first-order valence-corrected chi connectivity index (χ1v) is 7.33. The molecule has 1 amide bonds. The van der Waals surface area contributed by atoms with Gasteiger partial charge in [0.1, 0.15) is 5.60 Å². The highest BCUT2D eigenvalue weighted by molar-refractivity contribution is 9.09. The fraction of sp³-hybridized carbons (Fsp3) is 0.846. The normalized spacial score (nSPS) is 24.4. The van der Waals surface area contributed by atoms with Gasteiger partial charge in [-0.15, -0.1) is 0 Å². The summed E-state index contributed by atoms with van der Waals surface area (Å²) in [5.41, 5.74) is -0.527. The van der Waals surface area contributed by atoms with E-state index < -0.39 is 11.7 Å². The Kier molecular flexibility index (Phi) is 5.63. The number of hydrogen-bond acceptors (Lipinski definition) is 3. The lowest BCUT2D eigenvalue weighted by Gasteiger charge is -2.24. The number of amides is 1.